The maximum Gasteiger partial charge on any atom is 0.274 e. The van der Waals surface area contributed by atoms with Crippen molar-refractivity contribution in [3.8, 4) is 0 Å². The van der Waals surface area contributed by atoms with Crippen molar-refractivity contribution in [1.82, 2.24) is 19.7 Å². The van der Waals surface area contributed by atoms with Crippen molar-refractivity contribution >= 4 is 32.6 Å². The molecule has 142 valence electrons. The van der Waals surface area contributed by atoms with E-state index < -0.39 is 0 Å². The molecule has 0 spiro atoms. The SMILES string of the molecule is CCn1nc(C(=O)N2CCN(c3nc4c(C)c(C)ccc4s3)CC2)cc1C. The average molecular weight is 384 g/mol. The molecule has 0 unspecified atom stereocenters. The van der Waals surface area contributed by atoms with Crippen molar-refractivity contribution in [1.29, 1.82) is 0 Å². The van der Waals surface area contributed by atoms with Crippen LogP contribution < -0.4 is 4.90 Å². The van der Waals surface area contributed by atoms with Crippen LogP contribution in [-0.2, 0) is 6.54 Å². The monoisotopic (exact) mass is 383 g/mol. The molecule has 1 aliphatic rings. The molecule has 0 radical (unpaired) electrons. The van der Waals surface area contributed by atoms with Crippen LogP contribution in [0.3, 0.4) is 0 Å². The van der Waals surface area contributed by atoms with Crippen molar-refractivity contribution < 1.29 is 4.79 Å². The molecule has 1 amide bonds. The lowest BCUT2D eigenvalue weighted by molar-refractivity contribution is 0.0740. The van der Waals surface area contributed by atoms with E-state index in [1.807, 2.05) is 29.5 Å². The molecule has 1 fully saturated rings. The summed E-state index contributed by atoms with van der Waals surface area (Å²) in [6, 6.07) is 6.20. The van der Waals surface area contributed by atoms with Crippen LogP contribution in [0.1, 0.15) is 34.2 Å². The number of hydrogen-bond acceptors (Lipinski definition) is 5. The van der Waals surface area contributed by atoms with Crippen LogP contribution in [0.2, 0.25) is 0 Å². The normalized spacial score (nSPS) is 15.0. The number of piperazine rings is 1. The maximum absolute atomic E-state index is 12.8. The van der Waals surface area contributed by atoms with Gasteiger partial charge in [-0.15, -0.1) is 0 Å². The third-order valence-corrected chi connectivity index (χ3v) is 6.49. The average Bonchev–Trinajstić information content (AvgIpc) is 3.28. The predicted molar refractivity (Wildman–Crippen MR) is 110 cm³/mol. The zero-order chi connectivity index (χ0) is 19.1. The van der Waals surface area contributed by atoms with Gasteiger partial charge >= 0.3 is 0 Å². The van der Waals surface area contributed by atoms with Crippen molar-refractivity contribution in [3.63, 3.8) is 0 Å². The summed E-state index contributed by atoms with van der Waals surface area (Å²) >= 11 is 1.74. The fraction of sp³-hybridized carbons (Fsp3) is 0.450. The Kier molecular flexibility index (Phi) is 4.63. The lowest BCUT2D eigenvalue weighted by atomic mass is 10.1. The van der Waals surface area contributed by atoms with E-state index in [1.54, 1.807) is 11.3 Å². The standard InChI is InChI=1S/C20H25N5OS/c1-5-25-14(3)12-16(22-25)19(26)23-8-10-24(11-9-23)20-21-18-15(4)13(2)6-7-17(18)27-20/h6-7,12H,5,8-11H2,1-4H3. The molecule has 0 N–H and O–H groups in total. The maximum atomic E-state index is 12.8. The summed E-state index contributed by atoms with van der Waals surface area (Å²) < 4.78 is 3.10. The summed E-state index contributed by atoms with van der Waals surface area (Å²) in [6.45, 7) is 12.1. The van der Waals surface area contributed by atoms with E-state index in [1.165, 1.54) is 15.8 Å². The van der Waals surface area contributed by atoms with Gasteiger partial charge in [-0.3, -0.25) is 9.48 Å². The molecule has 4 rings (SSSR count). The number of anilines is 1. The van der Waals surface area contributed by atoms with Crippen LogP contribution in [0, 0.1) is 20.8 Å². The molecule has 0 saturated carbocycles. The van der Waals surface area contributed by atoms with Crippen LogP contribution in [-0.4, -0.2) is 51.8 Å². The van der Waals surface area contributed by atoms with Gasteiger partial charge in [-0.05, 0) is 51.0 Å². The summed E-state index contributed by atoms with van der Waals surface area (Å²) in [5, 5.41) is 5.48. The first-order valence-electron chi connectivity index (χ1n) is 9.43. The molecule has 7 heteroatoms. The molecular weight excluding hydrogens is 358 g/mol. The van der Waals surface area contributed by atoms with E-state index >= 15 is 0 Å². The third kappa shape index (κ3) is 3.20. The van der Waals surface area contributed by atoms with E-state index in [0.29, 0.717) is 18.8 Å². The van der Waals surface area contributed by atoms with E-state index in [4.69, 9.17) is 4.98 Å². The van der Waals surface area contributed by atoms with E-state index in [0.717, 1.165) is 36.0 Å². The molecule has 6 nitrogen and oxygen atoms in total. The quantitative estimate of drug-likeness (QED) is 0.696. The molecule has 0 atom stereocenters. The van der Waals surface area contributed by atoms with Crippen molar-refractivity contribution in [3.05, 3.63) is 40.7 Å². The second-order valence-electron chi connectivity index (χ2n) is 7.12. The minimum atomic E-state index is 0.0284. The Hall–Kier alpha value is -2.41. The number of carbonyl (C=O) groups is 1. The zero-order valence-corrected chi connectivity index (χ0v) is 17.1. The highest BCUT2D eigenvalue weighted by atomic mass is 32.1. The summed E-state index contributed by atoms with van der Waals surface area (Å²) in [5.74, 6) is 0.0284. The van der Waals surface area contributed by atoms with Gasteiger partial charge in [-0.2, -0.15) is 5.10 Å². The minimum Gasteiger partial charge on any atom is -0.345 e. The van der Waals surface area contributed by atoms with E-state index in [-0.39, 0.29) is 5.91 Å². The Morgan fingerprint density at radius 3 is 2.56 bits per heavy atom. The lowest BCUT2D eigenvalue weighted by Crippen LogP contribution is -2.48. The Bertz CT molecular complexity index is 997. The molecule has 0 bridgehead atoms. The number of rotatable bonds is 3. The predicted octanol–water partition coefficient (Wildman–Crippen LogP) is 3.40. The van der Waals surface area contributed by atoms with Gasteiger partial charge in [0, 0.05) is 38.4 Å². The van der Waals surface area contributed by atoms with Crippen LogP contribution in [0.25, 0.3) is 10.2 Å². The highest BCUT2D eigenvalue weighted by molar-refractivity contribution is 7.22. The Morgan fingerprint density at radius 2 is 1.89 bits per heavy atom. The second kappa shape index (κ2) is 6.96. The van der Waals surface area contributed by atoms with Crippen LogP contribution in [0.4, 0.5) is 5.13 Å². The van der Waals surface area contributed by atoms with Gasteiger partial charge in [-0.1, -0.05) is 17.4 Å². The second-order valence-corrected chi connectivity index (χ2v) is 8.13. The summed E-state index contributed by atoms with van der Waals surface area (Å²) in [7, 11) is 0. The van der Waals surface area contributed by atoms with Crippen molar-refractivity contribution in [2.45, 2.75) is 34.2 Å². The van der Waals surface area contributed by atoms with Crippen molar-refractivity contribution in [2.24, 2.45) is 0 Å². The molecule has 3 aromatic rings. The number of carbonyl (C=O) groups excluding carboxylic acids is 1. The van der Waals surface area contributed by atoms with E-state index in [9.17, 15) is 4.79 Å². The Labute approximate surface area is 163 Å². The van der Waals surface area contributed by atoms with Gasteiger partial charge in [0.25, 0.3) is 5.91 Å². The molecule has 1 aromatic carbocycles. The van der Waals surface area contributed by atoms with E-state index in [2.05, 4.69) is 36.0 Å². The number of aryl methyl sites for hydroxylation is 4. The molecular formula is C20H25N5OS. The number of thiazole rings is 1. The zero-order valence-electron chi connectivity index (χ0n) is 16.3. The Morgan fingerprint density at radius 1 is 1.15 bits per heavy atom. The number of hydrogen-bond donors (Lipinski definition) is 0. The number of aromatic nitrogens is 3. The van der Waals surface area contributed by atoms with Crippen LogP contribution in [0.15, 0.2) is 18.2 Å². The minimum absolute atomic E-state index is 0.0284. The molecule has 1 aliphatic heterocycles. The number of nitrogens with zero attached hydrogens (tertiary/aromatic N) is 5. The molecule has 2 aromatic heterocycles. The van der Waals surface area contributed by atoms with Gasteiger partial charge in [0.1, 0.15) is 0 Å². The van der Waals surface area contributed by atoms with Gasteiger partial charge in [0.2, 0.25) is 0 Å². The lowest BCUT2D eigenvalue weighted by Gasteiger charge is -2.34. The van der Waals surface area contributed by atoms with Gasteiger partial charge in [0.05, 0.1) is 10.2 Å². The first kappa shape index (κ1) is 18.0. The van der Waals surface area contributed by atoms with Crippen LogP contribution in [0.5, 0.6) is 0 Å². The summed E-state index contributed by atoms with van der Waals surface area (Å²) in [6.07, 6.45) is 0. The highest BCUT2D eigenvalue weighted by Crippen LogP contribution is 2.32. The van der Waals surface area contributed by atoms with Gasteiger partial charge in [-0.25, -0.2) is 4.98 Å². The molecule has 1 saturated heterocycles. The first-order valence-corrected chi connectivity index (χ1v) is 10.2. The summed E-state index contributed by atoms with van der Waals surface area (Å²) in [4.78, 5) is 21.8. The number of benzene rings is 1. The molecule has 0 aliphatic carbocycles. The van der Waals surface area contributed by atoms with Crippen LogP contribution >= 0.6 is 11.3 Å². The number of fused-ring (bicyclic) bond motifs is 1. The first-order chi connectivity index (χ1) is 13.0. The molecule has 3 heterocycles. The van der Waals surface area contributed by atoms with Crippen molar-refractivity contribution in [2.75, 3.05) is 31.1 Å². The Balaban J connectivity index is 1.47. The highest BCUT2D eigenvalue weighted by Gasteiger charge is 2.25. The number of amides is 1. The fourth-order valence-corrected chi connectivity index (χ4v) is 4.62. The largest absolute Gasteiger partial charge is 0.345 e. The fourth-order valence-electron chi connectivity index (χ4n) is 3.55. The third-order valence-electron chi connectivity index (χ3n) is 5.41. The smallest absolute Gasteiger partial charge is 0.274 e. The topological polar surface area (TPSA) is 54.3 Å². The van der Waals surface area contributed by atoms with Gasteiger partial charge in [0.15, 0.2) is 10.8 Å². The molecule has 27 heavy (non-hydrogen) atoms. The summed E-state index contributed by atoms with van der Waals surface area (Å²) in [5.41, 5.74) is 5.21. The van der Waals surface area contributed by atoms with Gasteiger partial charge < -0.3 is 9.80 Å².